The zero-order chi connectivity index (χ0) is 17.6. The van der Waals surface area contributed by atoms with E-state index >= 15 is 0 Å². The zero-order valence-electron chi connectivity index (χ0n) is 13.5. The lowest BCUT2D eigenvalue weighted by Crippen LogP contribution is -2.27. The fraction of sp³-hybridized carbons (Fsp3) is 0.176. The highest BCUT2D eigenvalue weighted by atomic mass is 19.1. The molecule has 1 N–H and O–H groups in total. The summed E-state index contributed by atoms with van der Waals surface area (Å²) in [5.74, 6) is -0.168. The number of nitrogens with one attached hydrogen (secondary N) is 1. The Balaban J connectivity index is 1.61. The van der Waals surface area contributed by atoms with E-state index in [1.54, 1.807) is 31.0 Å². The summed E-state index contributed by atoms with van der Waals surface area (Å²) in [6.45, 7) is 0.854. The Kier molecular flexibility index (Phi) is 4.98. The molecule has 0 saturated carbocycles. The van der Waals surface area contributed by atoms with Gasteiger partial charge in [-0.2, -0.15) is 0 Å². The van der Waals surface area contributed by atoms with Crippen LogP contribution >= 0.6 is 0 Å². The summed E-state index contributed by atoms with van der Waals surface area (Å²) in [6, 6.07) is 4.09. The fourth-order valence-corrected chi connectivity index (χ4v) is 2.34. The SMILES string of the molecule is COc1ccc(C(=O)NCCn2ccnc2-c2cnccn2)cc1F. The van der Waals surface area contributed by atoms with E-state index in [4.69, 9.17) is 4.74 Å². The van der Waals surface area contributed by atoms with E-state index in [2.05, 4.69) is 20.3 Å². The van der Waals surface area contributed by atoms with Crippen LogP contribution in [0.5, 0.6) is 5.75 Å². The first-order valence-electron chi connectivity index (χ1n) is 7.58. The molecule has 0 atom stereocenters. The first-order chi connectivity index (χ1) is 12.2. The zero-order valence-corrected chi connectivity index (χ0v) is 13.5. The van der Waals surface area contributed by atoms with E-state index in [0.717, 1.165) is 6.07 Å². The van der Waals surface area contributed by atoms with Gasteiger partial charge in [-0.1, -0.05) is 0 Å². The highest BCUT2D eigenvalue weighted by Crippen LogP contribution is 2.17. The first-order valence-corrected chi connectivity index (χ1v) is 7.58. The highest BCUT2D eigenvalue weighted by Gasteiger charge is 2.11. The second-order valence-electron chi connectivity index (χ2n) is 5.14. The van der Waals surface area contributed by atoms with Gasteiger partial charge in [0.2, 0.25) is 0 Å². The first kappa shape index (κ1) is 16.6. The van der Waals surface area contributed by atoms with E-state index in [9.17, 15) is 9.18 Å². The van der Waals surface area contributed by atoms with Crippen molar-refractivity contribution in [2.24, 2.45) is 0 Å². The summed E-state index contributed by atoms with van der Waals surface area (Å²) in [4.78, 5) is 24.6. The molecule has 2 aromatic heterocycles. The number of hydrogen-bond acceptors (Lipinski definition) is 5. The van der Waals surface area contributed by atoms with Crippen LogP contribution in [-0.4, -0.2) is 39.1 Å². The van der Waals surface area contributed by atoms with Gasteiger partial charge in [-0.05, 0) is 18.2 Å². The van der Waals surface area contributed by atoms with E-state index in [-0.39, 0.29) is 17.2 Å². The number of ether oxygens (including phenoxy) is 1. The maximum Gasteiger partial charge on any atom is 0.251 e. The molecule has 1 aromatic carbocycles. The standard InChI is InChI=1S/C17H16FN5O2/c1-25-15-3-2-12(10-13(15)18)17(24)22-7-9-23-8-6-21-16(23)14-11-19-4-5-20-14/h2-6,8,10-11H,7,9H2,1H3,(H,22,24). The average molecular weight is 341 g/mol. The molecule has 3 aromatic rings. The summed E-state index contributed by atoms with van der Waals surface area (Å²) in [7, 11) is 1.37. The topological polar surface area (TPSA) is 81.9 Å². The molecule has 0 bridgehead atoms. The molecule has 0 saturated heterocycles. The maximum atomic E-state index is 13.7. The molecule has 0 unspecified atom stereocenters. The van der Waals surface area contributed by atoms with Crippen LogP contribution in [0.2, 0.25) is 0 Å². The van der Waals surface area contributed by atoms with E-state index in [1.165, 1.54) is 19.2 Å². The Hall–Kier alpha value is -3.29. The molecule has 25 heavy (non-hydrogen) atoms. The van der Waals surface area contributed by atoms with Crippen molar-refractivity contribution in [1.29, 1.82) is 0 Å². The molecule has 0 aliphatic heterocycles. The molecule has 0 spiro atoms. The molecule has 1 amide bonds. The van der Waals surface area contributed by atoms with Crippen LogP contribution < -0.4 is 10.1 Å². The Morgan fingerprint density at radius 2 is 2.16 bits per heavy atom. The van der Waals surface area contributed by atoms with Crippen LogP contribution in [0.1, 0.15) is 10.4 Å². The van der Waals surface area contributed by atoms with Crippen LogP contribution in [0.25, 0.3) is 11.5 Å². The van der Waals surface area contributed by atoms with Gasteiger partial charge in [0.15, 0.2) is 17.4 Å². The molecule has 128 valence electrons. The lowest BCUT2D eigenvalue weighted by Gasteiger charge is -2.09. The quantitative estimate of drug-likeness (QED) is 0.741. The van der Waals surface area contributed by atoms with E-state index in [1.807, 2.05) is 4.57 Å². The van der Waals surface area contributed by atoms with E-state index < -0.39 is 5.82 Å². The second-order valence-corrected chi connectivity index (χ2v) is 5.14. The fourth-order valence-electron chi connectivity index (χ4n) is 2.34. The molecule has 8 heteroatoms. The van der Waals surface area contributed by atoms with Crippen LogP contribution in [0.4, 0.5) is 4.39 Å². The lowest BCUT2D eigenvalue weighted by molar-refractivity contribution is 0.0952. The van der Waals surface area contributed by atoms with Crippen LogP contribution in [0, 0.1) is 5.82 Å². The summed E-state index contributed by atoms with van der Waals surface area (Å²) < 4.78 is 20.4. The van der Waals surface area contributed by atoms with E-state index in [0.29, 0.717) is 24.6 Å². The number of carbonyl (C=O) groups is 1. The number of nitrogens with zero attached hydrogens (tertiary/aromatic N) is 4. The van der Waals surface area contributed by atoms with Gasteiger partial charge in [-0.3, -0.25) is 9.78 Å². The Morgan fingerprint density at radius 3 is 2.88 bits per heavy atom. The smallest absolute Gasteiger partial charge is 0.251 e. The molecule has 3 rings (SSSR count). The predicted molar refractivity (Wildman–Crippen MR) is 88.5 cm³/mol. The van der Waals surface area contributed by atoms with Gasteiger partial charge in [0.05, 0.1) is 13.3 Å². The molecular weight excluding hydrogens is 325 g/mol. The lowest BCUT2D eigenvalue weighted by atomic mass is 10.2. The summed E-state index contributed by atoms with van der Waals surface area (Å²) in [6.07, 6.45) is 8.25. The number of benzene rings is 1. The van der Waals surface area contributed by atoms with Gasteiger partial charge in [-0.15, -0.1) is 0 Å². The van der Waals surface area contributed by atoms with Crippen molar-refractivity contribution >= 4 is 5.91 Å². The number of halogens is 1. The number of amides is 1. The van der Waals surface area contributed by atoms with Crippen molar-refractivity contribution in [3.8, 4) is 17.3 Å². The molecule has 0 aliphatic carbocycles. The summed E-state index contributed by atoms with van der Waals surface area (Å²) in [5, 5.41) is 2.75. The largest absolute Gasteiger partial charge is 0.494 e. The van der Waals surface area contributed by atoms with Crippen LogP contribution in [0.15, 0.2) is 49.2 Å². The minimum absolute atomic E-state index is 0.101. The Labute approximate surface area is 143 Å². The van der Waals surface area contributed by atoms with Gasteiger partial charge in [0.25, 0.3) is 5.91 Å². The van der Waals surface area contributed by atoms with Gasteiger partial charge >= 0.3 is 0 Å². The normalized spacial score (nSPS) is 10.5. The van der Waals surface area contributed by atoms with Crippen molar-refractivity contribution < 1.29 is 13.9 Å². The van der Waals surface area contributed by atoms with Crippen molar-refractivity contribution in [3.05, 3.63) is 60.6 Å². The average Bonchev–Trinajstić information content (AvgIpc) is 3.11. The summed E-state index contributed by atoms with van der Waals surface area (Å²) >= 11 is 0. The molecule has 0 radical (unpaired) electrons. The molecule has 0 fully saturated rings. The minimum Gasteiger partial charge on any atom is -0.494 e. The van der Waals surface area contributed by atoms with Gasteiger partial charge in [-0.25, -0.2) is 14.4 Å². The third-order valence-electron chi connectivity index (χ3n) is 3.56. The summed E-state index contributed by atoms with van der Waals surface area (Å²) in [5.41, 5.74) is 0.883. The van der Waals surface area contributed by atoms with Gasteiger partial charge in [0, 0.05) is 43.4 Å². The van der Waals surface area contributed by atoms with Crippen molar-refractivity contribution in [1.82, 2.24) is 24.8 Å². The van der Waals surface area contributed by atoms with Crippen LogP contribution in [-0.2, 0) is 6.54 Å². The maximum absolute atomic E-state index is 13.7. The van der Waals surface area contributed by atoms with Crippen molar-refractivity contribution in [2.45, 2.75) is 6.54 Å². The van der Waals surface area contributed by atoms with Gasteiger partial charge in [0.1, 0.15) is 5.69 Å². The van der Waals surface area contributed by atoms with Crippen molar-refractivity contribution in [2.75, 3.05) is 13.7 Å². The molecular formula is C17H16FN5O2. The number of hydrogen-bond donors (Lipinski definition) is 1. The molecule has 2 heterocycles. The van der Waals surface area contributed by atoms with Gasteiger partial charge < -0.3 is 14.6 Å². The van der Waals surface area contributed by atoms with Crippen LogP contribution in [0.3, 0.4) is 0 Å². The highest BCUT2D eigenvalue weighted by molar-refractivity contribution is 5.94. The van der Waals surface area contributed by atoms with Crippen molar-refractivity contribution in [3.63, 3.8) is 0 Å². The molecule has 0 aliphatic rings. The number of imidazole rings is 1. The molecule has 7 nitrogen and oxygen atoms in total. The number of carbonyl (C=O) groups excluding carboxylic acids is 1. The number of rotatable bonds is 6. The minimum atomic E-state index is -0.574. The Bertz CT molecular complexity index is 866. The predicted octanol–water partition coefficient (Wildman–Crippen LogP) is 1.92. The Morgan fingerprint density at radius 1 is 1.28 bits per heavy atom. The monoisotopic (exact) mass is 341 g/mol. The third-order valence-corrected chi connectivity index (χ3v) is 3.56. The third kappa shape index (κ3) is 3.79. The number of aromatic nitrogens is 4. The number of methoxy groups -OCH3 is 1. The second kappa shape index (κ2) is 7.52.